The van der Waals surface area contributed by atoms with Crippen molar-refractivity contribution in [3.05, 3.63) is 33.4 Å². The summed E-state index contributed by atoms with van der Waals surface area (Å²) in [5.74, 6) is 0.144. The quantitative estimate of drug-likeness (QED) is 0.806. The van der Waals surface area contributed by atoms with Crippen LogP contribution in [0.25, 0.3) is 0 Å². The second kappa shape index (κ2) is 7.41. The van der Waals surface area contributed by atoms with E-state index in [4.69, 9.17) is 0 Å². The first-order valence-corrected chi connectivity index (χ1v) is 8.45. The Kier molecular flexibility index (Phi) is 5.84. The van der Waals surface area contributed by atoms with Gasteiger partial charge in [0.25, 0.3) is 5.91 Å². The Morgan fingerprint density at radius 2 is 2.25 bits per heavy atom. The zero-order valence-corrected chi connectivity index (χ0v) is 14.4. The molecule has 20 heavy (non-hydrogen) atoms. The van der Waals surface area contributed by atoms with E-state index in [0.29, 0.717) is 6.04 Å². The van der Waals surface area contributed by atoms with Crippen LogP contribution in [0.3, 0.4) is 0 Å². The highest BCUT2D eigenvalue weighted by Gasteiger charge is 2.23. The van der Waals surface area contributed by atoms with Gasteiger partial charge in [-0.25, -0.2) is 0 Å². The zero-order valence-electron chi connectivity index (χ0n) is 12.2. The molecule has 1 aliphatic heterocycles. The Balaban J connectivity index is 2.09. The third-order valence-corrected chi connectivity index (χ3v) is 4.46. The van der Waals surface area contributed by atoms with Crippen LogP contribution in [0.1, 0.15) is 43.5 Å². The number of hydrogen-bond donors (Lipinski definition) is 1. The number of rotatable bonds is 4. The largest absolute Gasteiger partial charge is 0.335 e. The van der Waals surface area contributed by atoms with E-state index in [1.165, 1.54) is 19.3 Å². The Morgan fingerprint density at radius 3 is 2.85 bits per heavy atom. The van der Waals surface area contributed by atoms with E-state index in [1.54, 1.807) is 0 Å². The second-order valence-corrected chi connectivity index (χ2v) is 6.95. The fraction of sp³-hybridized carbons (Fsp3) is 0.562. The molecule has 2 rings (SSSR count). The van der Waals surface area contributed by atoms with Gasteiger partial charge in [0.1, 0.15) is 0 Å². The lowest BCUT2D eigenvalue weighted by molar-refractivity contribution is 0.0676. The molecule has 4 heteroatoms. The molecule has 0 aromatic heterocycles. The van der Waals surface area contributed by atoms with Gasteiger partial charge in [0, 0.05) is 27.8 Å². The van der Waals surface area contributed by atoms with Crippen LogP contribution in [-0.4, -0.2) is 36.0 Å². The lowest BCUT2D eigenvalue weighted by Gasteiger charge is -2.33. The molecule has 0 radical (unpaired) electrons. The van der Waals surface area contributed by atoms with E-state index >= 15 is 0 Å². The van der Waals surface area contributed by atoms with Gasteiger partial charge in [-0.2, -0.15) is 0 Å². The molecule has 0 aliphatic carbocycles. The van der Waals surface area contributed by atoms with E-state index < -0.39 is 0 Å². The lowest BCUT2D eigenvalue weighted by atomic mass is 10.0. The fourth-order valence-corrected chi connectivity index (χ4v) is 3.18. The van der Waals surface area contributed by atoms with E-state index in [0.717, 1.165) is 22.2 Å². The molecule has 1 fully saturated rings. The number of carbonyl (C=O) groups excluding carboxylic acids is 1. The van der Waals surface area contributed by atoms with Crippen molar-refractivity contribution in [3.8, 4) is 0 Å². The number of piperidine rings is 1. The molecular weight excluding hydrogens is 363 g/mol. The predicted octanol–water partition coefficient (Wildman–Crippen LogP) is 3.28. The molecule has 1 heterocycles. The maximum absolute atomic E-state index is 12.7. The van der Waals surface area contributed by atoms with Crippen molar-refractivity contribution >= 4 is 28.5 Å². The van der Waals surface area contributed by atoms with Crippen LogP contribution >= 0.6 is 22.6 Å². The van der Waals surface area contributed by atoms with E-state index in [1.807, 2.05) is 29.2 Å². The normalized spacial score (nSPS) is 19.1. The van der Waals surface area contributed by atoms with E-state index in [9.17, 15) is 4.79 Å². The second-order valence-electron chi connectivity index (χ2n) is 5.71. The van der Waals surface area contributed by atoms with Gasteiger partial charge in [0.2, 0.25) is 0 Å². The smallest absolute Gasteiger partial charge is 0.254 e. The van der Waals surface area contributed by atoms with E-state index in [-0.39, 0.29) is 11.9 Å². The first-order valence-electron chi connectivity index (χ1n) is 7.38. The van der Waals surface area contributed by atoms with Crippen molar-refractivity contribution in [2.75, 3.05) is 13.1 Å². The van der Waals surface area contributed by atoms with Crippen molar-refractivity contribution in [2.45, 2.75) is 45.2 Å². The van der Waals surface area contributed by atoms with Crippen LogP contribution in [0.5, 0.6) is 0 Å². The summed E-state index contributed by atoms with van der Waals surface area (Å²) in [5.41, 5.74) is 0.793. The van der Waals surface area contributed by atoms with Crippen LogP contribution in [0.15, 0.2) is 24.3 Å². The molecular formula is C16H23IN2O. The Bertz CT molecular complexity index is 456. The summed E-state index contributed by atoms with van der Waals surface area (Å²) < 4.78 is 1.10. The number of carbonyl (C=O) groups is 1. The van der Waals surface area contributed by atoms with Crippen molar-refractivity contribution in [1.29, 1.82) is 0 Å². The summed E-state index contributed by atoms with van der Waals surface area (Å²) in [6.45, 7) is 6.07. The molecule has 3 nitrogen and oxygen atoms in total. The van der Waals surface area contributed by atoms with Crippen LogP contribution in [0.2, 0.25) is 0 Å². The maximum atomic E-state index is 12.7. The summed E-state index contributed by atoms with van der Waals surface area (Å²) in [4.78, 5) is 14.7. The van der Waals surface area contributed by atoms with E-state index in [2.05, 4.69) is 41.8 Å². The average molecular weight is 386 g/mol. The Hall–Kier alpha value is -0.620. The SMILES string of the molecule is CC(C)N(CC1CCCCN1)C(=O)c1cccc(I)c1. The highest BCUT2D eigenvalue weighted by Crippen LogP contribution is 2.15. The number of halogens is 1. The van der Waals surface area contributed by atoms with Gasteiger partial charge in [-0.05, 0) is 74.0 Å². The molecule has 1 aliphatic rings. The summed E-state index contributed by atoms with van der Waals surface area (Å²) in [5, 5.41) is 3.53. The minimum absolute atomic E-state index is 0.144. The number of nitrogens with one attached hydrogen (secondary N) is 1. The highest BCUT2D eigenvalue weighted by molar-refractivity contribution is 14.1. The summed E-state index contributed by atoms with van der Waals surface area (Å²) in [7, 11) is 0. The van der Waals surface area contributed by atoms with Crippen LogP contribution in [-0.2, 0) is 0 Å². The summed E-state index contributed by atoms with van der Waals surface area (Å²) >= 11 is 2.25. The average Bonchev–Trinajstić information content (AvgIpc) is 2.45. The zero-order chi connectivity index (χ0) is 14.5. The Labute approximate surface area is 135 Å². The van der Waals surface area contributed by atoms with Crippen molar-refractivity contribution in [2.24, 2.45) is 0 Å². The first kappa shape index (κ1) is 15.8. The number of amides is 1. The van der Waals surface area contributed by atoms with Gasteiger partial charge in [-0.3, -0.25) is 4.79 Å². The highest BCUT2D eigenvalue weighted by atomic mass is 127. The first-order chi connectivity index (χ1) is 9.58. The standard InChI is InChI=1S/C16H23IN2O/c1-12(2)19(11-15-8-3-4-9-18-15)16(20)13-6-5-7-14(17)10-13/h5-7,10,12,15,18H,3-4,8-9,11H2,1-2H3. The monoisotopic (exact) mass is 386 g/mol. The van der Waals surface area contributed by atoms with Crippen molar-refractivity contribution < 1.29 is 4.79 Å². The van der Waals surface area contributed by atoms with Gasteiger partial charge in [-0.15, -0.1) is 0 Å². The summed E-state index contributed by atoms with van der Waals surface area (Å²) in [6.07, 6.45) is 3.69. The molecule has 0 spiro atoms. The molecule has 1 aromatic carbocycles. The molecule has 1 amide bonds. The predicted molar refractivity (Wildman–Crippen MR) is 91.0 cm³/mol. The lowest BCUT2D eigenvalue weighted by Crippen LogP contribution is -2.48. The molecule has 1 aromatic rings. The molecule has 110 valence electrons. The van der Waals surface area contributed by atoms with Crippen LogP contribution in [0, 0.1) is 3.57 Å². The van der Waals surface area contributed by atoms with Gasteiger partial charge < -0.3 is 10.2 Å². The van der Waals surface area contributed by atoms with Gasteiger partial charge in [0.15, 0.2) is 0 Å². The number of benzene rings is 1. The topological polar surface area (TPSA) is 32.3 Å². The van der Waals surface area contributed by atoms with Gasteiger partial charge in [0.05, 0.1) is 0 Å². The van der Waals surface area contributed by atoms with Crippen molar-refractivity contribution in [1.82, 2.24) is 10.2 Å². The Morgan fingerprint density at radius 1 is 1.45 bits per heavy atom. The molecule has 1 atom stereocenters. The number of hydrogen-bond acceptors (Lipinski definition) is 2. The molecule has 1 saturated heterocycles. The fourth-order valence-electron chi connectivity index (χ4n) is 2.63. The molecule has 0 bridgehead atoms. The van der Waals surface area contributed by atoms with Gasteiger partial charge in [-0.1, -0.05) is 12.5 Å². The molecule has 1 N–H and O–H groups in total. The third kappa shape index (κ3) is 4.19. The molecule has 1 unspecified atom stereocenters. The minimum Gasteiger partial charge on any atom is -0.335 e. The van der Waals surface area contributed by atoms with Crippen molar-refractivity contribution in [3.63, 3.8) is 0 Å². The third-order valence-electron chi connectivity index (χ3n) is 3.79. The molecule has 0 saturated carbocycles. The summed E-state index contributed by atoms with van der Waals surface area (Å²) in [6, 6.07) is 8.51. The van der Waals surface area contributed by atoms with Gasteiger partial charge >= 0.3 is 0 Å². The minimum atomic E-state index is 0.144. The van der Waals surface area contributed by atoms with Crippen LogP contribution < -0.4 is 5.32 Å². The maximum Gasteiger partial charge on any atom is 0.254 e. The number of nitrogens with zero attached hydrogens (tertiary/aromatic N) is 1. The van der Waals surface area contributed by atoms with Crippen LogP contribution in [0.4, 0.5) is 0 Å².